The van der Waals surface area contributed by atoms with Gasteiger partial charge in [0.25, 0.3) is 0 Å². The minimum Gasteiger partial charge on any atom is -0.376 e. The summed E-state index contributed by atoms with van der Waals surface area (Å²) in [4.78, 5) is 17.8. The Morgan fingerprint density at radius 3 is 2.12 bits per heavy atom. The van der Waals surface area contributed by atoms with Crippen molar-refractivity contribution in [3.05, 3.63) is 35.2 Å². The number of ether oxygens (including phenoxy) is 1. The van der Waals surface area contributed by atoms with Gasteiger partial charge in [-0.1, -0.05) is 0 Å². The second kappa shape index (κ2) is 8.40. The number of rotatable bonds is 6. The first-order valence-corrected chi connectivity index (χ1v) is 9.21. The second-order valence-electron chi connectivity index (χ2n) is 7.04. The third-order valence-corrected chi connectivity index (χ3v) is 4.68. The molecular weight excluding hydrogens is 328 g/mol. The summed E-state index contributed by atoms with van der Waals surface area (Å²) < 4.78 is 5.93. The maximum absolute atomic E-state index is 5.93. The van der Waals surface area contributed by atoms with Gasteiger partial charge in [0.1, 0.15) is 11.6 Å². The van der Waals surface area contributed by atoms with Gasteiger partial charge in [0.05, 0.1) is 28.9 Å². The van der Waals surface area contributed by atoms with E-state index in [0.29, 0.717) is 5.92 Å². The maximum Gasteiger partial charge on any atom is 0.147 e. The summed E-state index contributed by atoms with van der Waals surface area (Å²) in [5.41, 5.74) is 3.70. The zero-order chi connectivity index (χ0) is 18.5. The molecule has 1 aliphatic rings. The van der Waals surface area contributed by atoms with Gasteiger partial charge in [-0.25, -0.2) is 9.97 Å². The van der Waals surface area contributed by atoms with Crippen LogP contribution in [0.1, 0.15) is 35.6 Å². The third kappa shape index (κ3) is 4.88. The van der Waals surface area contributed by atoms with Gasteiger partial charge in [0.15, 0.2) is 0 Å². The summed E-state index contributed by atoms with van der Waals surface area (Å²) in [5.74, 6) is 2.29. The molecule has 3 rings (SSSR count). The molecule has 0 amide bonds. The van der Waals surface area contributed by atoms with Crippen molar-refractivity contribution in [3.63, 3.8) is 0 Å². The highest BCUT2D eigenvalue weighted by Crippen LogP contribution is 2.22. The predicted octanol–water partition coefficient (Wildman–Crippen LogP) is 2.82. The molecule has 2 aromatic heterocycles. The first kappa shape index (κ1) is 18.5. The summed E-state index contributed by atoms with van der Waals surface area (Å²) in [6, 6.07) is 0. The number of nitrogens with one attached hydrogen (secondary N) is 2. The average molecular weight is 356 g/mol. The lowest BCUT2D eigenvalue weighted by Gasteiger charge is -2.30. The SMILES string of the molecule is Cc1cnc(C)c(NCC2CCOC(CNc3nc(C)cnc3C)C2)n1. The van der Waals surface area contributed by atoms with E-state index in [1.54, 1.807) is 12.4 Å². The quantitative estimate of drug-likeness (QED) is 0.823. The fourth-order valence-electron chi connectivity index (χ4n) is 3.15. The van der Waals surface area contributed by atoms with E-state index in [-0.39, 0.29) is 6.10 Å². The van der Waals surface area contributed by atoms with Gasteiger partial charge in [0.2, 0.25) is 0 Å². The number of aryl methyl sites for hydroxylation is 4. The summed E-state index contributed by atoms with van der Waals surface area (Å²) >= 11 is 0. The molecule has 0 saturated carbocycles. The molecule has 3 heterocycles. The van der Waals surface area contributed by atoms with Gasteiger partial charge in [-0.05, 0) is 46.5 Å². The lowest BCUT2D eigenvalue weighted by molar-refractivity contribution is 0.00211. The zero-order valence-corrected chi connectivity index (χ0v) is 16.0. The standard InChI is InChI=1S/C19H28N6O/c1-12-8-20-14(3)18(24-12)22-10-16-5-6-26-17(7-16)11-23-19-15(4)21-9-13(2)25-19/h8-9,16-17H,5-7,10-11H2,1-4H3,(H,22,24)(H,23,25). The van der Waals surface area contributed by atoms with Crippen LogP contribution in [0.2, 0.25) is 0 Å². The minimum absolute atomic E-state index is 0.182. The molecule has 26 heavy (non-hydrogen) atoms. The van der Waals surface area contributed by atoms with Crippen LogP contribution in [-0.4, -0.2) is 45.7 Å². The molecule has 2 aromatic rings. The van der Waals surface area contributed by atoms with Crippen LogP contribution in [0.15, 0.2) is 12.4 Å². The van der Waals surface area contributed by atoms with E-state index in [4.69, 9.17) is 4.74 Å². The maximum atomic E-state index is 5.93. The Labute approximate surface area is 155 Å². The third-order valence-electron chi connectivity index (χ3n) is 4.68. The van der Waals surface area contributed by atoms with Crippen LogP contribution >= 0.6 is 0 Å². The van der Waals surface area contributed by atoms with E-state index < -0.39 is 0 Å². The molecule has 0 aromatic carbocycles. The van der Waals surface area contributed by atoms with Crippen LogP contribution < -0.4 is 10.6 Å². The molecule has 2 N–H and O–H groups in total. The van der Waals surface area contributed by atoms with Crippen LogP contribution in [0.25, 0.3) is 0 Å². The number of nitrogens with zero attached hydrogens (tertiary/aromatic N) is 4. The molecule has 0 aliphatic carbocycles. The van der Waals surface area contributed by atoms with Gasteiger partial charge >= 0.3 is 0 Å². The van der Waals surface area contributed by atoms with E-state index in [1.165, 1.54) is 0 Å². The lowest BCUT2D eigenvalue weighted by atomic mass is 9.95. The van der Waals surface area contributed by atoms with Gasteiger partial charge < -0.3 is 15.4 Å². The van der Waals surface area contributed by atoms with E-state index in [0.717, 1.165) is 66.9 Å². The first-order chi connectivity index (χ1) is 12.5. The van der Waals surface area contributed by atoms with Crippen molar-refractivity contribution < 1.29 is 4.74 Å². The molecule has 0 spiro atoms. The summed E-state index contributed by atoms with van der Waals surface area (Å²) in [6.07, 6.45) is 5.84. The molecule has 1 aliphatic heterocycles. The lowest BCUT2D eigenvalue weighted by Crippen LogP contribution is -2.34. The largest absolute Gasteiger partial charge is 0.376 e. The van der Waals surface area contributed by atoms with E-state index in [9.17, 15) is 0 Å². The Kier molecular flexibility index (Phi) is 5.98. The summed E-state index contributed by atoms with van der Waals surface area (Å²) in [7, 11) is 0. The van der Waals surface area contributed by atoms with Crippen molar-refractivity contribution in [2.75, 3.05) is 30.3 Å². The van der Waals surface area contributed by atoms with Crippen LogP contribution in [0.5, 0.6) is 0 Å². The van der Waals surface area contributed by atoms with Gasteiger partial charge in [-0.3, -0.25) is 9.97 Å². The number of aromatic nitrogens is 4. The second-order valence-corrected chi connectivity index (χ2v) is 7.04. The van der Waals surface area contributed by atoms with Gasteiger partial charge in [-0.2, -0.15) is 0 Å². The number of hydrogen-bond donors (Lipinski definition) is 2. The summed E-state index contributed by atoms with van der Waals surface area (Å²) in [6.45, 7) is 10.3. The van der Waals surface area contributed by atoms with Gasteiger partial charge in [-0.15, -0.1) is 0 Å². The normalized spacial score (nSPS) is 20.0. The average Bonchev–Trinajstić information content (AvgIpc) is 2.63. The molecule has 2 unspecified atom stereocenters. The first-order valence-electron chi connectivity index (χ1n) is 9.21. The zero-order valence-electron chi connectivity index (χ0n) is 16.0. The number of hydrogen-bond acceptors (Lipinski definition) is 7. The monoisotopic (exact) mass is 356 g/mol. The Morgan fingerprint density at radius 2 is 1.50 bits per heavy atom. The van der Waals surface area contributed by atoms with Crippen LogP contribution in [-0.2, 0) is 4.74 Å². The molecule has 7 nitrogen and oxygen atoms in total. The van der Waals surface area contributed by atoms with Crippen molar-refractivity contribution in [3.8, 4) is 0 Å². The Balaban J connectivity index is 1.51. The van der Waals surface area contributed by atoms with E-state index >= 15 is 0 Å². The van der Waals surface area contributed by atoms with E-state index in [2.05, 4.69) is 30.6 Å². The van der Waals surface area contributed by atoms with Crippen molar-refractivity contribution in [1.82, 2.24) is 19.9 Å². The van der Waals surface area contributed by atoms with Crippen molar-refractivity contribution in [2.45, 2.75) is 46.6 Å². The highest BCUT2D eigenvalue weighted by Gasteiger charge is 2.23. The molecule has 0 bridgehead atoms. The molecule has 2 atom stereocenters. The predicted molar refractivity (Wildman–Crippen MR) is 102 cm³/mol. The fraction of sp³-hybridized carbons (Fsp3) is 0.579. The fourth-order valence-corrected chi connectivity index (χ4v) is 3.15. The van der Waals surface area contributed by atoms with Crippen molar-refractivity contribution in [2.24, 2.45) is 5.92 Å². The molecule has 1 fully saturated rings. The Hall–Kier alpha value is -2.28. The van der Waals surface area contributed by atoms with Gasteiger partial charge in [0, 0.05) is 32.1 Å². The Morgan fingerprint density at radius 1 is 0.923 bits per heavy atom. The van der Waals surface area contributed by atoms with Crippen LogP contribution in [0.3, 0.4) is 0 Å². The van der Waals surface area contributed by atoms with Crippen molar-refractivity contribution >= 4 is 11.6 Å². The van der Waals surface area contributed by atoms with E-state index in [1.807, 2.05) is 27.7 Å². The molecule has 0 radical (unpaired) electrons. The minimum atomic E-state index is 0.182. The Bertz CT molecular complexity index is 689. The summed E-state index contributed by atoms with van der Waals surface area (Å²) in [5, 5.41) is 6.86. The molecule has 1 saturated heterocycles. The smallest absolute Gasteiger partial charge is 0.147 e. The van der Waals surface area contributed by atoms with Crippen LogP contribution in [0.4, 0.5) is 11.6 Å². The highest BCUT2D eigenvalue weighted by molar-refractivity contribution is 5.40. The highest BCUT2D eigenvalue weighted by atomic mass is 16.5. The molecule has 7 heteroatoms. The van der Waals surface area contributed by atoms with Crippen molar-refractivity contribution in [1.29, 1.82) is 0 Å². The molecule has 140 valence electrons. The van der Waals surface area contributed by atoms with Crippen LogP contribution in [0, 0.1) is 33.6 Å². The topological polar surface area (TPSA) is 84.9 Å². The number of anilines is 2. The molecular formula is C19H28N6O.